The molecule has 2 fully saturated rings. The fraction of sp³-hybridized carbons (Fsp3) is 0.615. The van der Waals surface area contributed by atoms with E-state index in [1.54, 1.807) is 6.20 Å². The molecule has 0 radical (unpaired) electrons. The molecule has 1 aliphatic carbocycles. The minimum atomic E-state index is 0.471. The molecule has 0 amide bonds. The highest BCUT2D eigenvalue weighted by Crippen LogP contribution is 2.38. The van der Waals surface area contributed by atoms with Crippen molar-refractivity contribution in [3.8, 4) is 0 Å². The van der Waals surface area contributed by atoms with Gasteiger partial charge in [0.15, 0.2) is 0 Å². The molecule has 3 rings (SSSR count). The summed E-state index contributed by atoms with van der Waals surface area (Å²) < 4.78 is 5.82. The minimum Gasteiger partial charge on any atom is -0.382 e. The lowest BCUT2D eigenvalue weighted by Gasteiger charge is -2.30. The maximum atomic E-state index is 5.88. The highest BCUT2D eigenvalue weighted by molar-refractivity contribution is 6.29. The average Bonchev–Trinajstić information content (AvgIpc) is 3.13. The molecule has 2 unspecified atom stereocenters. The van der Waals surface area contributed by atoms with E-state index in [2.05, 4.69) is 10.3 Å². The molecule has 1 aromatic heterocycles. The van der Waals surface area contributed by atoms with Crippen molar-refractivity contribution < 1.29 is 4.74 Å². The molecule has 0 bridgehead atoms. The van der Waals surface area contributed by atoms with Gasteiger partial charge in [-0.1, -0.05) is 11.6 Å². The van der Waals surface area contributed by atoms with Gasteiger partial charge in [-0.05, 0) is 43.7 Å². The van der Waals surface area contributed by atoms with Gasteiger partial charge in [0.05, 0.1) is 6.10 Å². The van der Waals surface area contributed by atoms with Crippen LogP contribution in [0.3, 0.4) is 0 Å². The van der Waals surface area contributed by atoms with Crippen LogP contribution >= 0.6 is 11.6 Å². The third-order valence-electron chi connectivity index (χ3n) is 3.56. The van der Waals surface area contributed by atoms with Crippen molar-refractivity contribution in [1.29, 1.82) is 0 Å². The standard InChI is InChI=1S/C13H17ClN2O/c14-13-8-10(3-5-15-13)16-11-4-6-17-12(7-11)9-1-2-9/h3,5,8-9,11-12H,1-2,4,6-7H2,(H,15,16). The van der Waals surface area contributed by atoms with Crippen molar-refractivity contribution in [2.24, 2.45) is 5.92 Å². The van der Waals surface area contributed by atoms with E-state index in [0.717, 1.165) is 31.1 Å². The van der Waals surface area contributed by atoms with Crippen LogP contribution in [0.25, 0.3) is 0 Å². The molecule has 1 aliphatic heterocycles. The third kappa shape index (κ3) is 2.90. The Labute approximate surface area is 107 Å². The Morgan fingerprint density at radius 3 is 3.00 bits per heavy atom. The third-order valence-corrected chi connectivity index (χ3v) is 3.77. The molecule has 2 atom stereocenters. The molecule has 1 saturated heterocycles. The topological polar surface area (TPSA) is 34.1 Å². The second-order valence-corrected chi connectivity index (χ2v) is 5.37. The van der Waals surface area contributed by atoms with Gasteiger partial charge < -0.3 is 10.1 Å². The lowest BCUT2D eigenvalue weighted by atomic mass is 10.00. The first-order valence-corrected chi connectivity index (χ1v) is 6.69. The first-order valence-electron chi connectivity index (χ1n) is 6.31. The predicted octanol–water partition coefficient (Wildman–Crippen LogP) is 3.10. The van der Waals surface area contributed by atoms with Crippen LogP contribution < -0.4 is 5.32 Å². The number of hydrogen-bond donors (Lipinski definition) is 1. The van der Waals surface area contributed by atoms with E-state index < -0.39 is 0 Å². The molecule has 4 heteroatoms. The second-order valence-electron chi connectivity index (χ2n) is 4.98. The normalized spacial score (nSPS) is 29.0. The summed E-state index contributed by atoms with van der Waals surface area (Å²) in [7, 11) is 0. The van der Waals surface area contributed by atoms with Crippen LogP contribution in [0, 0.1) is 5.92 Å². The zero-order valence-corrected chi connectivity index (χ0v) is 10.5. The summed E-state index contributed by atoms with van der Waals surface area (Å²) in [6.45, 7) is 0.873. The van der Waals surface area contributed by atoms with E-state index in [1.165, 1.54) is 12.8 Å². The van der Waals surface area contributed by atoms with Gasteiger partial charge in [-0.3, -0.25) is 0 Å². The molecule has 17 heavy (non-hydrogen) atoms. The average molecular weight is 253 g/mol. The number of rotatable bonds is 3. The molecule has 2 heterocycles. The molecular weight excluding hydrogens is 236 g/mol. The summed E-state index contributed by atoms with van der Waals surface area (Å²) in [5, 5.41) is 4.07. The summed E-state index contributed by atoms with van der Waals surface area (Å²) in [6.07, 6.45) is 7.09. The van der Waals surface area contributed by atoms with Gasteiger partial charge in [0.2, 0.25) is 0 Å². The van der Waals surface area contributed by atoms with E-state index in [-0.39, 0.29) is 0 Å². The summed E-state index contributed by atoms with van der Waals surface area (Å²) in [6, 6.07) is 4.35. The van der Waals surface area contributed by atoms with Gasteiger partial charge in [0, 0.05) is 24.5 Å². The summed E-state index contributed by atoms with van der Waals surface area (Å²) in [4.78, 5) is 3.99. The van der Waals surface area contributed by atoms with Crippen molar-refractivity contribution in [2.45, 2.75) is 37.8 Å². The Bertz CT molecular complexity index is 395. The number of hydrogen-bond acceptors (Lipinski definition) is 3. The largest absolute Gasteiger partial charge is 0.382 e. The number of nitrogens with zero attached hydrogens (tertiary/aromatic N) is 1. The van der Waals surface area contributed by atoms with E-state index in [1.807, 2.05) is 12.1 Å². The van der Waals surface area contributed by atoms with Crippen molar-refractivity contribution in [3.63, 3.8) is 0 Å². The number of aromatic nitrogens is 1. The van der Waals surface area contributed by atoms with E-state index >= 15 is 0 Å². The van der Waals surface area contributed by atoms with Crippen molar-refractivity contribution in [2.75, 3.05) is 11.9 Å². The van der Waals surface area contributed by atoms with Gasteiger partial charge in [0.25, 0.3) is 0 Å². The van der Waals surface area contributed by atoms with Crippen LogP contribution in [0.1, 0.15) is 25.7 Å². The first kappa shape index (κ1) is 11.3. The van der Waals surface area contributed by atoms with E-state index in [4.69, 9.17) is 16.3 Å². The van der Waals surface area contributed by atoms with E-state index in [9.17, 15) is 0 Å². The Morgan fingerprint density at radius 1 is 1.35 bits per heavy atom. The number of halogens is 1. The maximum absolute atomic E-state index is 5.88. The van der Waals surface area contributed by atoms with Crippen molar-refractivity contribution in [1.82, 2.24) is 4.98 Å². The van der Waals surface area contributed by atoms with Crippen LogP contribution in [-0.4, -0.2) is 23.7 Å². The van der Waals surface area contributed by atoms with Gasteiger partial charge >= 0.3 is 0 Å². The zero-order valence-electron chi connectivity index (χ0n) is 9.73. The van der Waals surface area contributed by atoms with Crippen LogP contribution in [0.4, 0.5) is 5.69 Å². The van der Waals surface area contributed by atoms with Crippen LogP contribution in [0.2, 0.25) is 5.15 Å². The lowest BCUT2D eigenvalue weighted by Crippen LogP contribution is -2.35. The van der Waals surface area contributed by atoms with Gasteiger partial charge in [-0.25, -0.2) is 4.98 Å². The van der Waals surface area contributed by atoms with Crippen LogP contribution in [0.15, 0.2) is 18.3 Å². The molecule has 3 nitrogen and oxygen atoms in total. The molecular formula is C13H17ClN2O. The number of pyridine rings is 1. The number of anilines is 1. The molecule has 2 aliphatic rings. The molecule has 0 spiro atoms. The van der Waals surface area contributed by atoms with Crippen LogP contribution in [0.5, 0.6) is 0 Å². The number of ether oxygens (including phenoxy) is 1. The maximum Gasteiger partial charge on any atom is 0.131 e. The van der Waals surface area contributed by atoms with Gasteiger partial charge in [0.1, 0.15) is 5.15 Å². The van der Waals surface area contributed by atoms with Crippen molar-refractivity contribution >= 4 is 17.3 Å². The second kappa shape index (κ2) is 4.83. The number of nitrogens with one attached hydrogen (secondary N) is 1. The first-order chi connectivity index (χ1) is 8.31. The Kier molecular flexibility index (Phi) is 3.21. The molecule has 1 aromatic rings. The zero-order chi connectivity index (χ0) is 11.7. The SMILES string of the molecule is Clc1cc(NC2CCOC(C3CC3)C2)ccn1. The lowest BCUT2D eigenvalue weighted by molar-refractivity contribution is -0.00218. The molecule has 92 valence electrons. The monoisotopic (exact) mass is 252 g/mol. The van der Waals surface area contributed by atoms with Crippen LogP contribution in [-0.2, 0) is 4.74 Å². The predicted molar refractivity (Wildman–Crippen MR) is 68.4 cm³/mol. The summed E-state index contributed by atoms with van der Waals surface area (Å²) in [5.74, 6) is 0.820. The van der Waals surface area contributed by atoms with Crippen molar-refractivity contribution in [3.05, 3.63) is 23.5 Å². The summed E-state index contributed by atoms with van der Waals surface area (Å²) in [5.41, 5.74) is 1.06. The highest BCUT2D eigenvalue weighted by atomic mass is 35.5. The Balaban J connectivity index is 1.60. The van der Waals surface area contributed by atoms with Gasteiger partial charge in [-0.2, -0.15) is 0 Å². The fourth-order valence-electron chi connectivity index (χ4n) is 2.48. The fourth-order valence-corrected chi connectivity index (χ4v) is 2.66. The Hall–Kier alpha value is -0.800. The smallest absolute Gasteiger partial charge is 0.131 e. The molecule has 0 aromatic carbocycles. The highest BCUT2D eigenvalue weighted by Gasteiger charge is 2.35. The summed E-state index contributed by atoms with van der Waals surface area (Å²) >= 11 is 5.88. The molecule has 1 saturated carbocycles. The van der Waals surface area contributed by atoms with E-state index in [0.29, 0.717) is 17.3 Å². The quantitative estimate of drug-likeness (QED) is 0.840. The Morgan fingerprint density at radius 2 is 2.24 bits per heavy atom. The minimum absolute atomic E-state index is 0.471. The molecule has 1 N–H and O–H groups in total. The van der Waals surface area contributed by atoms with Gasteiger partial charge in [-0.15, -0.1) is 0 Å².